The Bertz CT molecular complexity index is 497. The van der Waals surface area contributed by atoms with Gasteiger partial charge in [0.05, 0.1) is 0 Å². The first-order valence-corrected chi connectivity index (χ1v) is 22.1. The average molecular weight is 558 g/mol. The van der Waals surface area contributed by atoms with Crippen molar-refractivity contribution in [3.8, 4) is 0 Å². The number of primary amides is 1. The van der Waals surface area contributed by atoms with Crippen LogP contribution in [0.15, 0.2) is 20.0 Å². The van der Waals surface area contributed by atoms with Gasteiger partial charge in [-0.2, -0.15) is 0 Å². The maximum absolute atomic E-state index is 10.4. The summed E-state index contributed by atoms with van der Waals surface area (Å²) in [6.07, 6.45) is 12.1. The minimum atomic E-state index is -0.365. The second-order valence-corrected chi connectivity index (χ2v) is 28.5. The summed E-state index contributed by atoms with van der Waals surface area (Å²) in [5.74, 6) is 0.413. The van der Waals surface area contributed by atoms with E-state index >= 15 is 0 Å². The SMILES string of the molecule is CC1=C(C)C(C)[C]([Hf][SiH](C)C)=C1C.CCCCCCCCCCCC(N)=O. The number of allylic oxidation sites excluding steroid dienone is 4. The molecule has 1 unspecified atom stereocenters. The first-order valence-electron chi connectivity index (χ1n) is 11.2. The zero-order chi connectivity index (χ0) is 20.8. The zero-order valence-corrected chi connectivity index (χ0v) is 24.0. The molecule has 1 rings (SSSR count). The Morgan fingerprint density at radius 3 is 1.78 bits per heavy atom. The molecule has 0 bridgehead atoms. The molecule has 1 atom stereocenters. The van der Waals surface area contributed by atoms with Gasteiger partial charge in [-0.25, -0.2) is 0 Å². The van der Waals surface area contributed by atoms with Crippen LogP contribution in [-0.2, 0) is 26.9 Å². The van der Waals surface area contributed by atoms with Gasteiger partial charge in [0.15, 0.2) is 0 Å². The Morgan fingerprint density at radius 1 is 0.926 bits per heavy atom. The van der Waals surface area contributed by atoms with Gasteiger partial charge in [0, 0.05) is 6.42 Å². The Labute approximate surface area is 181 Å². The van der Waals surface area contributed by atoms with E-state index in [1.165, 1.54) is 44.9 Å². The zero-order valence-electron chi connectivity index (χ0n) is 19.2. The number of hydrogen-bond donors (Lipinski definition) is 1. The molecule has 27 heavy (non-hydrogen) atoms. The summed E-state index contributed by atoms with van der Waals surface area (Å²) >= 11 is -0.365. The fraction of sp³-hybridized carbons (Fsp3) is 0.783. The quantitative estimate of drug-likeness (QED) is 0.210. The molecular formula is C23H45HfNOSi. The molecule has 1 aliphatic carbocycles. The molecule has 0 aromatic carbocycles. The van der Waals surface area contributed by atoms with Gasteiger partial charge in [-0.15, -0.1) is 0 Å². The van der Waals surface area contributed by atoms with Gasteiger partial charge in [0.1, 0.15) is 0 Å². The van der Waals surface area contributed by atoms with E-state index in [9.17, 15) is 4.79 Å². The number of carbonyl (C=O) groups excluding carboxylic acids is 1. The van der Waals surface area contributed by atoms with Gasteiger partial charge < -0.3 is 5.73 Å². The number of hydrogen-bond acceptors (Lipinski definition) is 1. The van der Waals surface area contributed by atoms with E-state index in [1.807, 2.05) is 3.33 Å². The van der Waals surface area contributed by atoms with Gasteiger partial charge in [0.2, 0.25) is 5.91 Å². The van der Waals surface area contributed by atoms with Gasteiger partial charge in [-0.1, -0.05) is 58.3 Å². The minimum absolute atomic E-state index is 0.159. The van der Waals surface area contributed by atoms with E-state index in [1.54, 1.807) is 16.7 Å². The van der Waals surface area contributed by atoms with Crippen LogP contribution in [0.2, 0.25) is 13.1 Å². The Morgan fingerprint density at radius 2 is 1.41 bits per heavy atom. The van der Waals surface area contributed by atoms with Crippen LogP contribution in [0.1, 0.15) is 98.8 Å². The Balaban J connectivity index is 0.000000501. The normalized spacial score (nSPS) is 16.7. The molecule has 0 fully saturated rings. The summed E-state index contributed by atoms with van der Waals surface area (Å²) in [6.45, 7) is 16.7. The molecule has 0 saturated heterocycles. The van der Waals surface area contributed by atoms with Crippen molar-refractivity contribution in [3.63, 3.8) is 0 Å². The maximum atomic E-state index is 10.4. The molecule has 2 N–H and O–H groups in total. The Hall–Kier alpha value is 0.0370. The van der Waals surface area contributed by atoms with Crippen molar-refractivity contribution in [2.45, 2.75) is 112 Å². The van der Waals surface area contributed by atoms with E-state index in [0.717, 1.165) is 18.8 Å². The predicted molar refractivity (Wildman–Crippen MR) is 120 cm³/mol. The number of rotatable bonds is 12. The molecule has 4 heteroatoms. The number of unbranched alkanes of at least 4 members (excludes halogenated alkanes) is 8. The molecule has 0 aromatic heterocycles. The monoisotopic (exact) mass is 559 g/mol. The van der Waals surface area contributed by atoms with Crippen LogP contribution in [0.3, 0.4) is 0 Å². The van der Waals surface area contributed by atoms with Gasteiger partial charge in [-0.05, 0) is 6.42 Å². The summed E-state index contributed by atoms with van der Waals surface area (Å²) < 4.78 is 1.93. The fourth-order valence-corrected chi connectivity index (χ4v) is 17.8. The molecule has 0 spiro atoms. The summed E-state index contributed by atoms with van der Waals surface area (Å²) in [4.78, 5) is 10.4. The topological polar surface area (TPSA) is 43.1 Å². The van der Waals surface area contributed by atoms with E-state index in [-0.39, 0.29) is 34.0 Å². The van der Waals surface area contributed by atoms with E-state index in [0.29, 0.717) is 6.42 Å². The molecule has 156 valence electrons. The third kappa shape index (κ3) is 12.3. The van der Waals surface area contributed by atoms with Crippen LogP contribution in [0, 0.1) is 5.92 Å². The Kier molecular flexibility index (Phi) is 15.9. The van der Waals surface area contributed by atoms with Crippen LogP contribution < -0.4 is 5.73 Å². The first-order chi connectivity index (χ1) is 12.7. The van der Waals surface area contributed by atoms with Crippen LogP contribution in [-0.4, -0.2) is 11.9 Å². The van der Waals surface area contributed by atoms with Crippen molar-refractivity contribution in [1.82, 2.24) is 0 Å². The van der Waals surface area contributed by atoms with E-state index in [4.69, 9.17) is 5.73 Å². The summed E-state index contributed by atoms with van der Waals surface area (Å²) in [7, 11) is 0. The fourth-order valence-electron chi connectivity index (χ4n) is 3.52. The smallest absolute Gasteiger partial charge is 0.217 e. The van der Waals surface area contributed by atoms with Gasteiger partial charge >= 0.3 is 94.8 Å². The number of carbonyl (C=O) groups is 1. The molecule has 0 heterocycles. The molecule has 2 nitrogen and oxygen atoms in total. The molecule has 0 radical (unpaired) electrons. The van der Waals surface area contributed by atoms with Gasteiger partial charge in [0.25, 0.3) is 0 Å². The number of amides is 1. The van der Waals surface area contributed by atoms with Crippen molar-refractivity contribution in [1.29, 1.82) is 0 Å². The third-order valence-corrected chi connectivity index (χ3v) is 19.0. The van der Waals surface area contributed by atoms with Gasteiger partial charge in [-0.3, -0.25) is 4.79 Å². The predicted octanol–water partition coefficient (Wildman–Crippen LogP) is 6.71. The van der Waals surface area contributed by atoms with E-state index < -0.39 is 0 Å². The van der Waals surface area contributed by atoms with Crippen molar-refractivity contribution < 1.29 is 26.9 Å². The van der Waals surface area contributed by atoms with Crippen molar-refractivity contribution in [2.24, 2.45) is 11.7 Å². The van der Waals surface area contributed by atoms with Crippen molar-refractivity contribution in [3.05, 3.63) is 20.0 Å². The average Bonchev–Trinajstić information content (AvgIpc) is 2.78. The van der Waals surface area contributed by atoms with E-state index in [2.05, 4.69) is 47.7 Å². The first kappa shape index (κ1) is 27.0. The maximum Gasteiger partial charge on any atom is 0.217 e. The molecule has 1 aliphatic rings. The second kappa shape index (κ2) is 15.9. The minimum Gasteiger partial charge on any atom is -0.370 e. The molecule has 0 aliphatic heterocycles. The standard InChI is InChI=1S/C12H25NO.C9H13.C2H7Si.Hf/c1-2-3-4-5-6-7-8-9-10-11-12(13)14;1-6-5-7(2)9(4)8(6)3;1-3-2;/h2-11H2,1H3,(H2,13,14);6H,1-4H3;3H,1-2H3;. The van der Waals surface area contributed by atoms with Crippen molar-refractivity contribution >= 4 is 11.9 Å². The van der Waals surface area contributed by atoms with Crippen LogP contribution >= 0.6 is 0 Å². The van der Waals surface area contributed by atoms with Crippen LogP contribution in [0.25, 0.3) is 0 Å². The third-order valence-electron chi connectivity index (χ3n) is 5.61. The molecular weight excluding hydrogens is 513 g/mol. The molecule has 0 aromatic rings. The summed E-state index contributed by atoms with van der Waals surface area (Å²) in [5.41, 5.74) is 9.97. The number of nitrogens with two attached hydrogens (primary N) is 1. The van der Waals surface area contributed by atoms with Crippen LogP contribution in [0.4, 0.5) is 0 Å². The largest absolute Gasteiger partial charge is 0.370 e. The molecule has 1 amide bonds. The van der Waals surface area contributed by atoms with Crippen LogP contribution in [0.5, 0.6) is 0 Å². The van der Waals surface area contributed by atoms with Crippen molar-refractivity contribution in [2.75, 3.05) is 0 Å². The second-order valence-electron chi connectivity index (χ2n) is 8.41. The summed E-state index contributed by atoms with van der Waals surface area (Å²) in [5, 5.41) is 0. The summed E-state index contributed by atoms with van der Waals surface area (Å²) in [6, 6.07) is 0. The molecule has 0 saturated carbocycles.